The molecule has 1 fully saturated rings. The molecule has 1 aliphatic rings. The average molecular weight is 304 g/mol. The van der Waals surface area contributed by atoms with Gasteiger partial charge in [-0.1, -0.05) is 32.9 Å². The van der Waals surface area contributed by atoms with Crippen molar-refractivity contribution in [2.45, 2.75) is 34.2 Å². The smallest absolute Gasteiger partial charge is 0.228 e. The molecule has 22 heavy (non-hydrogen) atoms. The minimum absolute atomic E-state index is 0.257. The third-order valence-electron chi connectivity index (χ3n) is 4.17. The Morgan fingerprint density at radius 1 is 1.18 bits per heavy atom. The largest absolute Gasteiger partial charge is 0.496 e. The number of hydrogen-bond acceptors (Lipinski definition) is 3. The van der Waals surface area contributed by atoms with Crippen molar-refractivity contribution in [3.63, 3.8) is 0 Å². The predicted octanol–water partition coefficient (Wildman–Crippen LogP) is 2.69. The third-order valence-corrected chi connectivity index (χ3v) is 4.17. The van der Waals surface area contributed by atoms with E-state index < -0.39 is 0 Å². The summed E-state index contributed by atoms with van der Waals surface area (Å²) < 4.78 is 5.30. The van der Waals surface area contributed by atoms with E-state index >= 15 is 0 Å². The molecule has 1 heterocycles. The third kappa shape index (κ3) is 4.01. The Balaban J connectivity index is 1.90. The Kier molecular flexibility index (Phi) is 5.12. The van der Waals surface area contributed by atoms with Crippen LogP contribution in [0.4, 0.5) is 0 Å². The van der Waals surface area contributed by atoms with Crippen LogP contribution in [-0.2, 0) is 11.3 Å². The van der Waals surface area contributed by atoms with Crippen molar-refractivity contribution in [3.05, 3.63) is 29.3 Å². The molecule has 0 unspecified atom stereocenters. The molecule has 0 N–H and O–H groups in total. The van der Waals surface area contributed by atoms with Gasteiger partial charge >= 0.3 is 0 Å². The lowest BCUT2D eigenvalue weighted by molar-refractivity contribution is -0.141. The van der Waals surface area contributed by atoms with Crippen molar-refractivity contribution in [1.82, 2.24) is 9.80 Å². The van der Waals surface area contributed by atoms with E-state index in [2.05, 4.69) is 24.0 Å². The summed E-state index contributed by atoms with van der Waals surface area (Å²) in [6.07, 6.45) is 0. The highest BCUT2D eigenvalue weighted by Gasteiger charge is 2.29. The van der Waals surface area contributed by atoms with Gasteiger partial charge in [-0.3, -0.25) is 9.69 Å². The van der Waals surface area contributed by atoms with E-state index in [1.165, 1.54) is 11.1 Å². The number of aryl methyl sites for hydroxylation is 1. The first-order valence-electron chi connectivity index (χ1n) is 7.96. The number of carbonyl (C=O) groups excluding carboxylic acids is 1. The molecule has 122 valence electrons. The molecule has 0 bridgehead atoms. The molecule has 4 nitrogen and oxygen atoms in total. The molecule has 0 aromatic heterocycles. The molecule has 1 saturated heterocycles. The Bertz CT molecular complexity index is 526. The molecular weight excluding hydrogens is 276 g/mol. The van der Waals surface area contributed by atoms with Gasteiger partial charge in [-0.15, -0.1) is 0 Å². The molecule has 0 aliphatic carbocycles. The summed E-state index contributed by atoms with van der Waals surface area (Å²) >= 11 is 0. The van der Waals surface area contributed by atoms with E-state index in [0.29, 0.717) is 0 Å². The lowest BCUT2D eigenvalue weighted by Crippen LogP contribution is -2.51. The van der Waals surface area contributed by atoms with Gasteiger partial charge in [-0.05, 0) is 24.1 Å². The first-order valence-corrected chi connectivity index (χ1v) is 7.96. The Hall–Kier alpha value is -1.55. The average Bonchev–Trinajstić information content (AvgIpc) is 2.46. The summed E-state index contributed by atoms with van der Waals surface area (Å²) in [5, 5.41) is 0. The van der Waals surface area contributed by atoms with Crippen LogP contribution >= 0.6 is 0 Å². The van der Waals surface area contributed by atoms with Gasteiger partial charge < -0.3 is 9.64 Å². The summed E-state index contributed by atoms with van der Waals surface area (Å²) in [6.45, 7) is 12.5. The van der Waals surface area contributed by atoms with E-state index in [-0.39, 0.29) is 11.3 Å². The number of benzene rings is 1. The maximum absolute atomic E-state index is 12.3. The number of hydrogen-bond donors (Lipinski definition) is 0. The Morgan fingerprint density at radius 3 is 2.32 bits per heavy atom. The second-order valence-electron chi connectivity index (χ2n) is 7.12. The van der Waals surface area contributed by atoms with Crippen LogP contribution in [0.2, 0.25) is 0 Å². The molecule has 4 heteroatoms. The zero-order valence-electron chi connectivity index (χ0n) is 14.5. The normalized spacial score (nSPS) is 16.7. The maximum Gasteiger partial charge on any atom is 0.228 e. The highest BCUT2D eigenvalue weighted by Crippen LogP contribution is 2.21. The number of piperazine rings is 1. The second kappa shape index (κ2) is 6.69. The topological polar surface area (TPSA) is 32.8 Å². The summed E-state index contributed by atoms with van der Waals surface area (Å²) in [5.74, 6) is 1.19. The van der Waals surface area contributed by atoms with E-state index in [9.17, 15) is 4.79 Å². The SMILES string of the molecule is COc1ccc(CN2CCN(C(=O)C(C)(C)C)CC2)cc1C. The molecule has 1 aromatic carbocycles. The van der Waals surface area contributed by atoms with Gasteiger partial charge in [0.25, 0.3) is 0 Å². The van der Waals surface area contributed by atoms with Crippen molar-refractivity contribution in [3.8, 4) is 5.75 Å². The van der Waals surface area contributed by atoms with Crippen LogP contribution in [0.3, 0.4) is 0 Å². The number of nitrogens with zero attached hydrogens (tertiary/aromatic N) is 2. The van der Waals surface area contributed by atoms with Gasteiger partial charge in [-0.25, -0.2) is 0 Å². The number of carbonyl (C=O) groups is 1. The summed E-state index contributed by atoms with van der Waals surface area (Å²) in [5.41, 5.74) is 2.19. The van der Waals surface area contributed by atoms with Gasteiger partial charge in [-0.2, -0.15) is 0 Å². The van der Waals surface area contributed by atoms with Crippen LogP contribution in [0.25, 0.3) is 0 Å². The standard InChI is InChI=1S/C18H28N2O2/c1-14-12-15(6-7-16(14)22-5)13-19-8-10-20(11-9-19)17(21)18(2,3)4/h6-7,12H,8-11,13H2,1-5H3. The second-order valence-corrected chi connectivity index (χ2v) is 7.12. The first-order chi connectivity index (χ1) is 10.3. The summed E-state index contributed by atoms with van der Waals surface area (Å²) in [4.78, 5) is 16.7. The molecular formula is C18H28N2O2. The van der Waals surface area contributed by atoms with E-state index in [0.717, 1.165) is 38.5 Å². The highest BCUT2D eigenvalue weighted by atomic mass is 16.5. The number of methoxy groups -OCH3 is 1. The minimum atomic E-state index is -0.282. The molecule has 0 atom stereocenters. The molecule has 1 aliphatic heterocycles. The highest BCUT2D eigenvalue weighted by molar-refractivity contribution is 5.81. The fourth-order valence-corrected chi connectivity index (χ4v) is 2.88. The van der Waals surface area contributed by atoms with Crippen molar-refractivity contribution >= 4 is 5.91 Å². The van der Waals surface area contributed by atoms with Crippen LogP contribution in [0.15, 0.2) is 18.2 Å². The molecule has 1 amide bonds. The predicted molar refractivity (Wildman–Crippen MR) is 89.0 cm³/mol. The lowest BCUT2D eigenvalue weighted by Gasteiger charge is -2.37. The van der Waals surface area contributed by atoms with Crippen LogP contribution < -0.4 is 4.74 Å². The molecule has 0 spiro atoms. The summed E-state index contributed by atoms with van der Waals surface area (Å²) in [6, 6.07) is 6.34. The maximum atomic E-state index is 12.3. The van der Waals surface area contributed by atoms with Crippen molar-refractivity contribution in [1.29, 1.82) is 0 Å². The van der Waals surface area contributed by atoms with Crippen molar-refractivity contribution in [2.24, 2.45) is 5.41 Å². The fraction of sp³-hybridized carbons (Fsp3) is 0.611. The van der Waals surface area contributed by atoms with E-state index in [1.807, 2.05) is 31.7 Å². The van der Waals surface area contributed by atoms with Crippen LogP contribution in [0, 0.1) is 12.3 Å². The number of rotatable bonds is 3. The molecule has 1 aromatic rings. The number of amides is 1. The molecule has 0 saturated carbocycles. The van der Waals surface area contributed by atoms with Crippen LogP contribution in [0.5, 0.6) is 5.75 Å². The van der Waals surface area contributed by atoms with Gasteiger partial charge in [0, 0.05) is 38.1 Å². The lowest BCUT2D eigenvalue weighted by atomic mass is 9.94. The quantitative estimate of drug-likeness (QED) is 0.861. The fourth-order valence-electron chi connectivity index (χ4n) is 2.88. The van der Waals surface area contributed by atoms with E-state index in [4.69, 9.17) is 4.74 Å². The number of ether oxygens (including phenoxy) is 1. The van der Waals surface area contributed by atoms with Gasteiger partial charge in [0.2, 0.25) is 5.91 Å². The first kappa shape index (κ1) is 16.8. The van der Waals surface area contributed by atoms with Gasteiger partial charge in [0.15, 0.2) is 0 Å². The monoisotopic (exact) mass is 304 g/mol. The zero-order valence-corrected chi connectivity index (χ0v) is 14.5. The van der Waals surface area contributed by atoms with E-state index in [1.54, 1.807) is 7.11 Å². The molecule has 0 radical (unpaired) electrons. The van der Waals surface area contributed by atoms with Crippen LogP contribution in [0.1, 0.15) is 31.9 Å². The Labute approximate surface area is 134 Å². The minimum Gasteiger partial charge on any atom is -0.496 e. The van der Waals surface area contributed by atoms with Crippen molar-refractivity contribution in [2.75, 3.05) is 33.3 Å². The van der Waals surface area contributed by atoms with Gasteiger partial charge in [0.05, 0.1) is 7.11 Å². The molecule has 2 rings (SSSR count). The summed E-state index contributed by atoms with van der Waals surface area (Å²) in [7, 11) is 1.70. The van der Waals surface area contributed by atoms with Crippen molar-refractivity contribution < 1.29 is 9.53 Å². The van der Waals surface area contributed by atoms with Gasteiger partial charge in [0.1, 0.15) is 5.75 Å². The van der Waals surface area contributed by atoms with Crippen LogP contribution in [-0.4, -0.2) is 49.0 Å². The zero-order chi connectivity index (χ0) is 16.3. The Morgan fingerprint density at radius 2 is 1.82 bits per heavy atom.